The van der Waals surface area contributed by atoms with Crippen LogP contribution in [0, 0.1) is 17.7 Å². The van der Waals surface area contributed by atoms with E-state index < -0.39 is 21.6 Å². The van der Waals surface area contributed by atoms with Gasteiger partial charge in [-0.2, -0.15) is 0 Å². The number of sulfonamides is 1. The molecule has 0 N–H and O–H groups in total. The minimum Gasteiger partial charge on any atom is -0.342 e. The van der Waals surface area contributed by atoms with Crippen LogP contribution in [0.1, 0.15) is 38.2 Å². The highest BCUT2D eigenvalue weighted by Crippen LogP contribution is 2.27. The number of amides is 1. The average Bonchev–Trinajstić information content (AvgIpc) is 2.65. The largest absolute Gasteiger partial charge is 0.342 e. The molecule has 2 heterocycles. The minimum absolute atomic E-state index is 0.000182. The van der Waals surface area contributed by atoms with Crippen LogP contribution in [0.3, 0.4) is 0 Å². The van der Waals surface area contributed by atoms with Crippen LogP contribution in [0.25, 0.3) is 0 Å². The fraction of sp³-hybridized carbons (Fsp3) is 0.632. The van der Waals surface area contributed by atoms with E-state index in [4.69, 9.17) is 11.6 Å². The van der Waals surface area contributed by atoms with Crippen LogP contribution < -0.4 is 0 Å². The smallest absolute Gasteiger partial charge is 0.225 e. The van der Waals surface area contributed by atoms with Gasteiger partial charge in [0.2, 0.25) is 15.9 Å². The fourth-order valence-corrected chi connectivity index (χ4v) is 5.73. The Morgan fingerprint density at radius 3 is 2.37 bits per heavy atom. The van der Waals surface area contributed by atoms with E-state index in [0.717, 1.165) is 25.9 Å². The fourth-order valence-electron chi connectivity index (χ4n) is 3.81. The van der Waals surface area contributed by atoms with Gasteiger partial charge in [0.05, 0.1) is 5.75 Å². The van der Waals surface area contributed by atoms with Gasteiger partial charge in [-0.05, 0) is 43.7 Å². The molecule has 0 aromatic heterocycles. The van der Waals surface area contributed by atoms with Crippen molar-refractivity contribution in [2.45, 2.75) is 38.4 Å². The Hall–Kier alpha value is -1.18. The zero-order valence-corrected chi connectivity index (χ0v) is 17.1. The first-order valence-electron chi connectivity index (χ1n) is 9.47. The van der Waals surface area contributed by atoms with Crippen molar-refractivity contribution in [1.82, 2.24) is 9.21 Å². The van der Waals surface area contributed by atoms with Gasteiger partial charge in [0.25, 0.3) is 0 Å². The van der Waals surface area contributed by atoms with Crippen molar-refractivity contribution in [3.05, 3.63) is 34.6 Å². The number of hydrogen-bond donors (Lipinski definition) is 0. The molecule has 27 heavy (non-hydrogen) atoms. The van der Waals surface area contributed by atoms with Gasteiger partial charge in [-0.15, -0.1) is 0 Å². The maximum absolute atomic E-state index is 13.9. The lowest BCUT2D eigenvalue weighted by molar-refractivity contribution is -0.138. The molecular formula is C19H26ClFN2O3S. The van der Waals surface area contributed by atoms with Crippen LogP contribution in [0.2, 0.25) is 5.02 Å². The summed E-state index contributed by atoms with van der Waals surface area (Å²) in [6, 6.07) is 4.15. The van der Waals surface area contributed by atoms with Crippen LogP contribution in [0.5, 0.6) is 0 Å². The lowest BCUT2D eigenvalue weighted by Gasteiger charge is -2.36. The van der Waals surface area contributed by atoms with E-state index in [1.807, 2.05) is 4.90 Å². The third-order valence-corrected chi connectivity index (χ3v) is 7.84. The second-order valence-electron chi connectivity index (χ2n) is 7.64. The van der Waals surface area contributed by atoms with Crippen molar-refractivity contribution in [1.29, 1.82) is 0 Å². The van der Waals surface area contributed by atoms with E-state index in [1.165, 1.54) is 22.5 Å². The van der Waals surface area contributed by atoms with E-state index in [-0.39, 0.29) is 35.5 Å². The number of benzene rings is 1. The first kappa shape index (κ1) is 20.6. The Kier molecular flexibility index (Phi) is 6.43. The summed E-state index contributed by atoms with van der Waals surface area (Å²) < 4.78 is 40.6. The third-order valence-electron chi connectivity index (χ3n) is 5.68. The van der Waals surface area contributed by atoms with Crippen LogP contribution in [0.15, 0.2) is 18.2 Å². The Morgan fingerprint density at radius 2 is 1.78 bits per heavy atom. The molecule has 0 unspecified atom stereocenters. The molecule has 0 spiro atoms. The van der Waals surface area contributed by atoms with Crippen molar-refractivity contribution >= 4 is 27.5 Å². The second kappa shape index (κ2) is 8.45. The first-order valence-corrected chi connectivity index (χ1v) is 11.5. The summed E-state index contributed by atoms with van der Waals surface area (Å²) in [6.45, 7) is 4.37. The summed E-state index contributed by atoms with van der Waals surface area (Å²) in [5.74, 6) is -0.388. The molecule has 150 valence electrons. The molecule has 1 aromatic carbocycles. The van der Waals surface area contributed by atoms with E-state index >= 15 is 0 Å². The highest BCUT2D eigenvalue weighted by molar-refractivity contribution is 7.88. The summed E-state index contributed by atoms with van der Waals surface area (Å²) in [5.41, 5.74) is -0.000182. The molecule has 0 bridgehead atoms. The van der Waals surface area contributed by atoms with Gasteiger partial charge in [-0.25, -0.2) is 17.1 Å². The topological polar surface area (TPSA) is 57.7 Å². The van der Waals surface area contributed by atoms with Crippen LogP contribution in [0.4, 0.5) is 4.39 Å². The van der Waals surface area contributed by atoms with Gasteiger partial charge >= 0.3 is 0 Å². The molecule has 0 radical (unpaired) electrons. The van der Waals surface area contributed by atoms with E-state index in [0.29, 0.717) is 18.8 Å². The maximum atomic E-state index is 13.9. The molecule has 2 aliphatic heterocycles. The van der Waals surface area contributed by atoms with Crippen molar-refractivity contribution in [3.63, 3.8) is 0 Å². The number of carbonyl (C=O) groups is 1. The molecule has 1 amide bonds. The SMILES string of the molecule is CC1CCN(C(=O)C2CCN(S(=O)(=O)Cc3c(F)cccc3Cl)CC2)CC1. The van der Waals surface area contributed by atoms with Gasteiger partial charge < -0.3 is 4.90 Å². The summed E-state index contributed by atoms with van der Waals surface area (Å²) in [5, 5.41) is 0.114. The van der Waals surface area contributed by atoms with E-state index in [1.54, 1.807) is 0 Å². The van der Waals surface area contributed by atoms with Gasteiger partial charge in [-0.3, -0.25) is 4.79 Å². The lowest BCUT2D eigenvalue weighted by Crippen LogP contribution is -2.46. The zero-order valence-electron chi connectivity index (χ0n) is 15.5. The number of halogens is 2. The Labute approximate surface area is 165 Å². The zero-order chi connectivity index (χ0) is 19.6. The number of rotatable bonds is 4. The highest BCUT2D eigenvalue weighted by Gasteiger charge is 2.34. The molecular weight excluding hydrogens is 391 g/mol. The third kappa shape index (κ3) is 4.81. The second-order valence-corrected chi connectivity index (χ2v) is 10.0. The minimum atomic E-state index is -3.68. The predicted octanol–water partition coefficient (Wildman–Crippen LogP) is 3.28. The number of hydrogen-bond acceptors (Lipinski definition) is 3. The van der Waals surface area contributed by atoms with Gasteiger partial charge in [0, 0.05) is 42.7 Å². The predicted molar refractivity (Wildman–Crippen MR) is 103 cm³/mol. The molecule has 0 atom stereocenters. The average molecular weight is 417 g/mol. The number of nitrogens with zero attached hydrogens (tertiary/aromatic N) is 2. The Morgan fingerprint density at radius 1 is 1.15 bits per heavy atom. The molecule has 2 aliphatic rings. The van der Waals surface area contributed by atoms with Crippen LogP contribution in [-0.4, -0.2) is 49.7 Å². The Balaban J connectivity index is 1.59. The summed E-state index contributed by atoms with van der Waals surface area (Å²) >= 11 is 5.96. The van der Waals surface area contributed by atoms with E-state index in [9.17, 15) is 17.6 Å². The number of likely N-dealkylation sites (tertiary alicyclic amines) is 1. The quantitative estimate of drug-likeness (QED) is 0.756. The van der Waals surface area contributed by atoms with Gasteiger partial charge in [-0.1, -0.05) is 24.6 Å². The highest BCUT2D eigenvalue weighted by atomic mass is 35.5. The van der Waals surface area contributed by atoms with Crippen molar-refractivity contribution in [2.75, 3.05) is 26.2 Å². The number of piperidine rings is 2. The summed E-state index contributed by atoms with van der Waals surface area (Å²) in [6.07, 6.45) is 3.08. The van der Waals surface area contributed by atoms with Crippen LogP contribution >= 0.6 is 11.6 Å². The summed E-state index contributed by atoms with van der Waals surface area (Å²) in [7, 11) is -3.68. The molecule has 0 aliphatic carbocycles. The summed E-state index contributed by atoms with van der Waals surface area (Å²) in [4.78, 5) is 14.6. The van der Waals surface area contributed by atoms with Gasteiger partial charge in [0.1, 0.15) is 5.82 Å². The standard InChI is InChI=1S/C19H26ClFN2O3S/c1-14-5-9-22(10-6-14)19(24)15-7-11-23(12-8-15)27(25,26)13-16-17(20)3-2-4-18(16)21/h2-4,14-15H,5-13H2,1H3. The molecule has 1 aromatic rings. The molecule has 3 rings (SSSR count). The van der Waals surface area contributed by atoms with Crippen molar-refractivity contribution in [3.8, 4) is 0 Å². The maximum Gasteiger partial charge on any atom is 0.225 e. The van der Waals surface area contributed by atoms with Crippen molar-refractivity contribution in [2.24, 2.45) is 11.8 Å². The van der Waals surface area contributed by atoms with Gasteiger partial charge in [0.15, 0.2) is 0 Å². The monoisotopic (exact) mass is 416 g/mol. The first-order chi connectivity index (χ1) is 12.8. The molecule has 5 nitrogen and oxygen atoms in total. The molecule has 2 fully saturated rings. The molecule has 8 heteroatoms. The Bertz CT molecular complexity index is 766. The van der Waals surface area contributed by atoms with Crippen LogP contribution in [-0.2, 0) is 20.6 Å². The van der Waals surface area contributed by atoms with E-state index in [2.05, 4.69) is 6.92 Å². The molecule has 0 saturated carbocycles. The lowest BCUT2D eigenvalue weighted by atomic mass is 9.93. The molecule has 2 saturated heterocycles. The normalized spacial score (nSPS) is 20.8. The number of carbonyl (C=O) groups excluding carboxylic acids is 1. The van der Waals surface area contributed by atoms with Crippen molar-refractivity contribution < 1.29 is 17.6 Å².